The maximum absolute atomic E-state index is 13.7. The van der Waals surface area contributed by atoms with Crippen molar-refractivity contribution in [1.82, 2.24) is 0 Å². The van der Waals surface area contributed by atoms with Gasteiger partial charge in [-0.15, -0.1) is 0 Å². The van der Waals surface area contributed by atoms with Crippen molar-refractivity contribution in [2.24, 2.45) is 0 Å². The number of rotatable bonds is 2. The molecule has 2 aromatic carbocycles. The molecular weight excluding hydrogens is 354 g/mol. The minimum Gasteiger partial charge on any atom is -0.262 e. The molecule has 5 rings (SSSR count). The van der Waals surface area contributed by atoms with Crippen LogP contribution in [-0.2, 0) is 22.9 Å². The highest BCUT2D eigenvalue weighted by Gasteiger charge is 2.46. The average Bonchev–Trinajstić information content (AvgIpc) is 3.00. The number of nitrogens with zero attached hydrogens (tertiary/aromatic N) is 1. The fraction of sp³-hybridized carbons (Fsp3) is 0.478. The standard InChI is InChI=1S/C23H27NO2S/c1-16-10-12-19(13-11-16)27(25,26)24-22-9-5-4-8-20(22)21-14-17-6-2-3-7-18(17)15-23(21)24/h10-15,20,22H,2-9H2,1H3/t20-,22-/m1/s1. The Morgan fingerprint density at radius 2 is 1.56 bits per heavy atom. The molecule has 2 aliphatic carbocycles. The fourth-order valence-corrected chi connectivity index (χ4v) is 7.08. The van der Waals surface area contributed by atoms with Gasteiger partial charge in [0.1, 0.15) is 0 Å². The third kappa shape index (κ3) is 2.72. The maximum Gasteiger partial charge on any atom is 0.264 e. The molecule has 142 valence electrons. The van der Waals surface area contributed by atoms with Crippen LogP contribution in [0.25, 0.3) is 0 Å². The van der Waals surface area contributed by atoms with Gasteiger partial charge < -0.3 is 0 Å². The van der Waals surface area contributed by atoms with E-state index in [4.69, 9.17) is 0 Å². The van der Waals surface area contributed by atoms with Crippen LogP contribution in [0.3, 0.4) is 0 Å². The number of hydrogen-bond donors (Lipinski definition) is 0. The summed E-state index contributed by atoms with van der Waals surface area (Å²) in [5, 5.41) is 0. The third-order valence-corrected chi connectivity index (χ3v) is 8.59. The van der Waals surface area contributed by atoms with E-state index in [1.165, 1.54) is 36.0 Å². The van der Waals surface area contributed by atoms with Crippen molar-refractivity contribution >= 4 is 15.7 Å². The molecule has 1 saturated carbocycles. The molecule has 0 saturated heterocycles. The summed E-state index contributed by atoms with van der Waals surface area (Å²) in [7, 11) is -3.53. The van der Waals surface area contributed by atoms with Crippen LogP contribution in [0, 0.1) is 6.92 Å². The molecule has 1 heterocycles. The topological polar surface area (TPSA) is 37.4 Å². The summed E-state index contributed by atoms with van der Waals surface area (Å²) < 4.78 is 29.1. The van der Waals surface area contributed by atoms with Crippen molar-refractivity contribution in [2.45, 2.75) is 75.1 Å². The number of sulfonamides is 1. The number of fused-ring (bicyclic) bond motifs is 4. The second-order valence-electron chi connectivity index (χ2n) is 8.46. The molecule has 4 heteroatoms. The number of anilines is 1. The van der Waals surface area contributed by atoms with Crippen LogP contribution in [-0.4, -0.2) is 14.5 Å². The molecule has 0 unspecified atom stereocenters. The minimum absolute atomic E-state index is 0.0870. The van der Waals surface area contributed by atoms with E-state index >= 15 is 0 Å². The van der Waals surface area contributed by atoms with Crippen LogP contribution in [0.15, 0.2) is 41.3 Å². The van der Waals surface area contributed by atoms with E-state index in [9.17, 15) is 8.42 Å². The van der Waals surface area contributed by atoms with E-state index in [2.05, 4.69) is 12.1 Å². The zero-order valence-electron chi connectivity index (χ0n) is 15.9. The van der Waals surface area contributed by atoms with Gasteiger partial charge in [0, 0.05) is 5.92 Å². The number of aryl methyl sites for hydroxylation is 3. The molecule has 0 amide bonds. The quantitative estimate of drug-likeness (QED) is 0.725. The Morgan fingerprint density at radius 1 is 0.889 bits per heavy atom. The predicted molar refractivity (Wildman–Crippen MR) is 109 cm³/mol. The summed E-state index contributed by atoms with van der Waals surface area (Å²) in [5.74, 6) is 0.362. The molecular formula is C23H27NO2S. The smallest absolute Gasteiger partial charge is 0.262 e. The van der Waals surface area contributed by atoms with Crippen LogP contribution < -0.4 is 4.31 Å². The molecule has 27 heavy (non-hydrogen) atoms. The first-order chi connectivity index (χ1) is 13.1. The van der Waals surface area contributed by atoms with Crippen molar-refractivity contribution in [3.05, 3.63) is 58.7 Å². The van der Waals surface area contributed by atoms with E-state index in [0.29, 0.717) is 10.8 Å². The molecule has 1 fully saturated rings. The van der Waals surface area contributed by atoms with Gasteiger partial charge in [0.15, 0.2) is 0 Å². The minimum atomic E-state index is -3.53. The second kappa shape index (κ2) is 6.37. The zero-order valence-corrected chi connectivity index (χ0v) is 16.8. The van der Waals surface area contributed by atoms with Crippen LogP contribution in [0.5, 0.6) is 0 Å². The number of benzene rings is 2. The van der Waals surface area contributed by atoms with Gasteiger partial charge in [-0.25, -0.2) is 8.42 Å². The average molecular weight is 382 g/mol. The van der Waals surface area contributed by atoms with Crippen molar-refractivity contribution in [3.8, 4) is 0 Å². The molecule has 2 atom stereocenters. The normalized spacial score (nSPS) is 24.3. The highest BCUT2D eigenvalue weighted by atomic mass is 32.2. The van der Waals surface area contributed by atoms with E-state index in [0.717, 1.165) is 43.4 Å². The summed E-state index contributed by atoms with van der Waals surface area (Å²) in [6.45, 7) is 1.99. The van der Waals surface area contributed by atoms with Crippen LogP contribution >= 0.6 is 0 Å². The molecule has 2 aromatic rings. The SMILES string of the molecule is Cc1ccc(S(=O)(=O)N2c3cc4c(cc3[C@H]3CCCC[C@H]32)CCCC4)cc1. The van der Waals surface area contributed by atoms with Crippen LogP contribution in [0.4, 0.5) is 5.69 Å². The molecule has 1 aliphatic heterocycles. The first-order valence-corrected chi connectivity index (χ1v) is 11.8. The molecule has 0 aromatic heterocycles. The van der Waals surface area contributed by atoms with E-state index < -0.39 is 10.0 Å². The Morgan fingerprint density at radius 3 is 2.30 bits per heavy atom. The van der Waals surface area contributed by atoms with Crippen LogP contribution in [0.1, 0.15) is 66.7 Å². The van der Waals surface area contributed by atoms with Gasteiger partial charge in [0.05, 0.1) is 16.6 Å². The van der Waals surface area contributed by atoms with E-state index in [1.807, 2.05) is 19.1 Å². The Labute approximate surface area is 162 Å². The van der Waals surface area contributed by atoms with E-state index in [1.54, 1.807) is 16.4 Å². The summed E-state index contributed by atoms with van der Waals surface area (Å²) in [6.07, 6.45) is 9.09. The van der Waals surface area contributed by atoms with Gasteiger partial charge in [0.2, 0.25) is 0 Å². The second-order valence-corrected chi connectivity index (χ2v) is 10.3. The van der Waals surface area contributed by atoms with E-state index in [-0.39, 0.29) is 6.04 Å². The van der Waals surface area contributed by atoms with Gasteiger partial charge in [-0.2, -0.15) is 0 Å². The summed E-state index contributed by atoms with van der Waals surface area (Å²) in [4.78, 5) is 0.419. The van der Waals surface area contributed by atoms with Gasteiger partial charge >= 0.3 is 0 Å². The summed E-state index contributed by atoms with van der Waals surface area (Å²) >= 11 is 0. The molecule has 3 nitrogen and oxygen atoms in total. The lowest BCUT2D eigenvalue weighted by Gasteiger charge is -2.32. The maximum atomic E-state index is 13.7. The van der Waals surface area contributed by atoms with Gasteiger partial charge in [-0.1, -0.05) is 36.6 Å². The van der Waals surface area contributed by atoms with Gasteiger partial charge in [-0.3, -0.25) is 4.31 Å². The summed E-state index contributed by atoms with van der Waals surface area (Å²) in [5.41, 5.74) is 6.16. The largest absolute Gasteiger partial charge is 0.264 e. The number of hydrogen-bond acceptors (Lipinski definition) is 2. The highest BCUT2D eigenvalue weighted by molar-refractivity contribution is 7.92. The van der Waals surface area contributed by atoms with Gasteiger partial charge in [-0.05, 0) is 80.3 Å². The third-order valence-electron chi connectivity index (χ3n) is 6.74. The van der Waals surface area contributed by atoms with Crippen molar-refractivity contribution in [1.29, 1.82) is 0 Å². The lowest BCUT2D eigenvalue weighted by molar-refractivity contribution is 0.404. The Kier molecular flexibility index (Phi) is 4.08. The first kappa shape index (κ1) is 17.3. The lowest BCUT2D eigenvalue weighted by atomic mass is 9.81. The van der Waals surface area contributed by atoms with Crippen LogP contribution in [0.2, 0.25) is 0 Å². The predicted octanol–water partition coefficient (Wildman–Crippen LogP) is 5.11. The van der Waals surface area contributed by atoms with Crippen molar-refractivity contribution in [2.75, 3.05) is 4.31 Å². The molecule has 3 aliphatic rings. The highest BCUT2D eigenvalue weighted by Crippen LogP contribution is 2.51. The monoisotopic (exact) mass is 381 g/mol. The zero-order chi connectivity index (χ0) is 18.6. The van der Waals surface area contributed by atoms with Crippen molar-refractivity contribution < 1.29 is 8.42 Å². The fourth-order valence-electron chi connectivity index (χ4n) is 5.34. The first-order valence-electron chi connectivity index (χ1n) is 10.3. The van der Waals surface area contributed by atoms with Gasteiger partial charge in [0.25, 0.3) is 10.0 Å². The van der Waals surface area contributed by atoms with Crippen molar-refractivity contribution in [3.63, 3.8) is 0 Å². The summed E-state index contributed by atoms with van der Waals surface area (Å²) in [6, 6.07) is 12.0. The molecule has 0 radical (unpaired) electrons. The molecule has 0 spiro atoms. The Bertz CT molecular complexity index is 978. The molecule has 0 bridgehead atoms. The Hall–Kier alpha value is -1.81. The molecule has 0 N–H and O–H groups in total. The Balaban J connectivity index is 1.67. The lowest BCUT2D eigenvalue weighted by Crippen LogP contribution is -2.40.